The molecule has 0 amide bonds. The fourth-order valence-corrected chi connectivity index (χ4v) is 2.22. The predicted molar refractivity (Wildman–Crippen MR) is 84.7 cm³/mol. The number of nitrogens with two attached hydrogens (primary N) is 1. The molecule has 0 unspecified atom stereocenters. The number of halogens is 3. The second-order valence-electron chi connectivity index (χ2n) is 3.81. The number of nitrogens with one attached hydrogen (secondary N) is 1. The lowest BCUT2D eigenvalue weighted by molar-refractivity contribution is 0.626. The van der Waals surface area contributed by atoms with Gasteiger partial charge in [-0.2, -0.15) is 0 Å². The Morgan fingerprint density at radius 1 is 1.26 bits per heavy atom. The lowest BCUT2D eigenvalue weighted by Crippen LogP contribution is -2.11. The molecule has 98 valence electrons. The minimum absolute atomic E-state index is 0.0352. The third-order valence-electron chi connectivity index (χ3n) is 2.44. The zero-order valence-corrected chi connectivity index (χ0v) is 12.7. The van der Waals surface area contributed by atoms with Crippen molar-refractivity contribution >= 4 is 56.1 Å². The second kappa shape index (κ2) is 5.86. The number of thiocarbonyl (C=S) groups is 1. The molecule has 0 heterocycles. The van der Waals surface area contributed by atoms with Crippen LogP contribution in [0.15, 0.2) is 40.9 Å². The summed E-state index contributed by atoms with van der Waals surface area (Å²) in [5, 5.41) is 3.65. The molecular formula is C13H9BrClFN2S. The molecule has 0 aromatic heterocycles. The summed E-state index contributed by atoms with van der Waals surface area (Å²) in [5.74, 6) is -0.462. The van der Waals surface area contributed by atoms with Crippen molar-refractivity contribution in [3.05, 3.63) is 57.3 Å². The zero-order chi connectivity index (χ0) is 14.0. The smallest absolute Gasteiger partial charge is 0.135 e. The van der Waals surface area contributed by atoms with Crippen LogP contribution in [0, 0.1) is 5.82 Å². The Morgan fingerprint density at radius 2 is 2.00 bits per heavy atom. The van der Waals surface area contributed by atoms with Gasteiger partial charge in [-0.15, -0.1) is 0 Å². The van der Waals surface area contributed by atoms with Crippen molar-refractivity contribution in [1.29, 1.82) is 0 Å². The van der Waals surface area contributed by atoms with Crippen LogP contribution in [0.5, 0.6) is 0 Å². The monoisotopic (exact) mass is 358 g/mol. The van der Waals surface area contributed by atoms with E-state index in [1.807, 2.05) is 6.07 Å². The van der Waals surface area contributed by atoms with E-state index in [0.717, 1.165) is 10.2 Å². The topological polar surface area (TPSA) is 38.0 Å². The first-order valence-electron chi connectivity index (χ1n) is 5.29. The molecule has 6 heteroatoms. The van der Waals surface area contributed by atoms with E-state index in [-0.39, 0.29) is 10.6 Å². The van der Waals surface area contributed by atoms with E-state index >= 15 is 0 Å². The summed E-state index contributed by atoms with van der Waals surface area (Å²) < 4.78 is 14.6. The van der Waals surface area contributed by atoms with Crippen LogP contribution in [0.4, 0.5) is 15.8 Å². The Morgan fingerprint density at radius 3 is 2.63 bits per heavy atom. The van der Waals surface area contributed by atoms with E-state index in [0.29, 0.717) is 10.7 Å². The maximum absolute atomic E-state index is 13.7. The molecule has 0 spiro atoms. The van der Waals surface area contributed by atoms with Gasteiger partial charge in [-0.3, -0.25) is 0 Å². The van der Waals surface area contributed by atoms with E-state index in [1.54, 1.807) is 24.3 Å². The van der Waals surface area contributed by atoms with Crippen LogP contribution in [0.3, 0.4) is 0 Å². The van der Waals surface area contributed by atoms with Crippen LogP contribution < -0.4 is 11.1 Å². The van der Waals surface area contributed by atoms with Crippen molar-refractivity contribution in [2.45, 2.75) is 0 Å². The molecule has 2 nitrogen and oxygen atoms in total. The van der Waals surface area contributed by atoms with Gasteiger partial charge in [-0.25, -0.2) is 4.39 Å². The van der Waals surface area contributed by atoms with Gasteiger partial charge in [0.05, 0.1) is 5.69 Å². The molecular weight excluding hydrogens is 351 g/mol. The molecule has 2 rings (SSSR count). The molecule has 0 radical (unpaired) electrons. The van der Waals surface area contributed by atoms with E-state index in [2.05, 4.69) is 21.2 Å². The third-order valence-corrected chi connectivity index (χ3v) is 3.59. The first-order valence-corrected chi connectivity index (χ1v) is 6.87. The average molecular weight is 360 g/mol. The Labute approximate surface area is 128 Å². The quantitative estimate of drug-likeness (QED) is 0.785. The Balaban J connectivity index is 2.31. The van der Waals surface area contributed by atoms with Gasteiger partial charge in [-0.05, 0) is 52.3 Å². The molecule has 0 aliphatic heterocycles. The molecule has 0 bridgehead atoms. The molecule has 19 heavy (non-hydrogen) atoms. The van der Waals surface area contributed by atoms with E-state index < -0.39 is 5.82 Å². The van der Waals surface area contributed by atoms with Gasteiger partial charge < -0.3 is 11.1 Å². The second-order valence-corrected chi connectivity index (χ2v) is 5.54. The molecule has 0 fully saturated rings. The van der Waals surface area contributed by atoms with Crippen molar-refractivity contribution in [2.24, 2.45) is 5.73 Å². The number of hydrogen-bond acceptors (Lipinski definition) is 2. The lowest BCUT2D eigenvalue weighted by Gasteiger charge is -2.10. The largest absolute Gasteiger partial charge is 0.389 e. The van der Waals surface area contributed by atoms with Crippen molar-refractivity contribution in [1.82, 2.24) is 0 Å². The Kier molecular flexibility index (Phi) is 4.39. The van der Waals surface area contributed by atoms with E-state index in [4.69, 9.17) is 29.6 Å². The fourth-order valence-electron chi connectivity index (χ4n) is 1.54. The molecule has 2 aromatic carbocycles. The van der Waals surface area contributed by atoms with Gasteiger partial charge >= 0.3 is 0 Å². The molecule has 0 saturated carbocycles. The average Bonchev–Trinajstić information content (AvgIpc) is 2.33. The van der Waals surface area contributed by atoms with E-state index in [9.17, 15) is 4.39 Å². The van der Waals surface area contributed by atoms with Crippen molar-refractivity contribution in [2.75, 3.05) is 5.32 Å². The fraction of sp³-hybridized carbons (Fsp3) is 0. The van der Waals surface area contributed by atoms with E-state index in [1.165, 1.54) is 6.07 Å². The minimum atomic E-state index is -0.462. The lowest BCUT2D eigenvalue weighted by atomic mass is 10.2. The van der Waals surface area contributed by atoms with Crippen molar-refractivity contribution in [3.8, 4) is 0 Å². The molecule has 0 atom stereocenters. The first-order chi connectivity index (χ1) is 8.97. The SMILES string of the molecule is NC(=S)c1ccc(Nc2cc(Cl)ccc2Br)cc1F. The maximum Gasteiger partial charge on any atom is 0.135 e. The zero-order valence-electron chi connectivity index (χ0n) is 9.58. The summed E-state index contributed by atoms with van der Waals surface area (Å²) in [5.41, 5.74) is 6.96. The molecule has 0 aliphatic rings. The van der Waals surface area contributed by atoms with Gasteiger partial charge in [0.1, 0.15) is 10.8 Å². The standard InChI is InChI=1S/C13H9BrClFN2S/c14-10-4-1-7(15)5-12(10)18-8-2-3-9(13(17)19)11(16)6-8/h1-6,18H,(H2,17,19). The molecule has 0 saturated heterocycles. The number of hydrogen-bond donors (Lipinski definition) is 2. The van der Waals surface area contributed by atoms with Gasteiger partial charge in [0.25, 0.3) is 0 Å². The van der Waals surface area contributed by atoms with Crippen LogP contribution in [-0.2, 0) is 0 Å². The maximum atomic E-state index is 13.7. The van der Waals surface area contributed by atoms with Gasteiger partial charge in [0.15, 0.2) is 0 Å². The molecule has 2 aromatic rings. The molecule has 0 aliphatic carbocycles. The summed E-state index contributed by atoms with van der Waals surface area (Å²) in [6.45, 7) is 0. The number of anilines is 2. The van der Waals surface area contributed by atoms with Crippen LogP contribution in [0.1, 0.15) is 5.56 Å². The van der Waals surface area contributed by atoms with Crippen LogP contribution in [0.2, 0.25) is 5.02 Å². The van der Waals surface area contributed by atoms with Crippen LogP contribution in [0.25, 0.3) is 0 Å². The summed E-state index contributed by atoms with van der Waals surface area (Å²) in [4.78, 5) is 0.0352. The highest BCUT2D eigenvalue weighted by atomic mass is 79.9. The Hall–Kier alpha value is -1.17. The normalized spacial score (nSPS) is 10.3. The summed E-state index contributed by atoms with van der Waals surface area (Å²) in [6, 6.07) is 9.88. The number of rotatable bonds is 3. The van der Waals surface area contributed by atoms with Gasteiger partial charge in [0, 0.05) is 20.7 Å². The summed E-state index contributed by atoms with van der Waals surface area (Å²) in [7, 11) is 0. The highest BCUT2D eigenvalue weighted by Gasteiger charge is 2.07. The third kappa shape index (κ3) is 3.43. The van der Waals surface area contributed by atoms with Gasteiger partial charge in [-0.1, -0.05) is 23.8 Å². The van der Waals surface area contributed by atoms with Crippen molar-refractivity contribution < 1.29 is 4.39 Å². The number of benzene rings is 2. The molecule has 3 N–H and O–H groups in total. The predicted octanol–water partition coefficient (Wildman–Crippen LogP) is 4.62. The van der Waals surface area contributed by atoms with Crippen LogP contribution in [-0.4, -0.2) is 4.99 Å². The Bertz CT molecular complexity index is 649. The summed E-state index contributed by atoms with van der Waals surface area (Å²) >= 11 is 14.1. The summed E-state index contributed by atoms with van der Waals surface area (Å²) in [6.07, 6.45) is 0. The highest BCUT2D eigenvalue weighted by Crippen LogP contribution is 2.29. The first kappa shape index (κ1) is 14.2. The highest BCUT2D eigenvalue weighted by molar-refractivity contribution is 9.10. The van der Waals surface area contributed by atoms with Crippen molar-refractivity contribution in [3.63, 3.8) is 0 Å². The van der Waals surface area contributed by atoms with Crippen LogP contribution >= 0.6 is 39.7 Å². The van der Waals surface area contributed by atoms with Gasteiger partial charge in [0.2, 0.25) is 0 Å². The minimum Gasteiger partial charge on any atom is -0.389 e.